The van der Waals surface area contributed by atoms with Gasteiger partial charge in [0.05, 0.1) is 5.56 Å². The van der Waals surface area contributed by atoms with Crippen LogP contribution in [0, 0.1) is 5.82 Å². The number of carboxylic acid groups (broad SMARTS) is 2. The van der Waals surface area contributed by atoms with Crippen LogP contribution in [0.1, 0.15) is 20.8 Å². The molecule has 0 fully saturated rings. The van der Waals surface area contributed by atoms with Crippen LogP contribution in [0.5, 0.6) is 0 Å². The summed E-state index contributed by atoms with van der Waals surface area (Å²) in [6.07, 6.45) is 1.29. The highest BCUT2D eigenvalue weighted by Gasteiger charge is 2.12. The summed E-state index contributed by atoms with van der Waals surface area (Å²) in [7, 11) is 0. The maximum Gasteiger partial charge on any atom is 0.354 e. The lowest BCUT2D eigenvalue weighted by Crippen LogP contribution is -2.01. The molecular weight excluding hydrogens is 253 g/mol. The number of halogens is 1. The van der Waals surface area contributed by atoms with Crippen LogP contribution < -0.4 is 0 Å². The van der Waals surface area contributed by atoms with Crippen molar-refractivity contribution in [2.24, 2.45) is 0 Å². The van der Waals surface area contributed by atoms with Gasteiger partial charge in [-0.1, -0.05) is 6.07 Å². The lowest BCUT2D eigenvalue weighted by molar-refractivity contribution is 0.0680. The maximum atomic E-state index is 13.5. The van der Waals surface area contributed by atoms with Gasteiger partial charge >= 0.3 is 11.9 Å². The first-order valence-corrected chi connectivity index (χ1v) is 5.21. The molecule has 0 saturated carbocycles. The molecule has 0 aliphatic carbocycles. The van der Waals surface area contributed by atoms with Crippen LogP contribution >= 0.6 is 0 Å². The van der Waals surface area contributed by atoms with Crippen LogP contribution in [0.3, 0.4) is 0 Å². The predicted octanol–water partition coefficient (Wildman–Crippen LogP) is 2.28. The lowest BCUT2D eigenvalue weighted by Gasteiger charge is -2.04. The van der Waals surface area contributed by atoms with E-state index in [9.17, 15) is 14.0 Å². The molecule has 2 rings (SSSR count). The van der Waals surface area contributed by atoms with Crippen LogP contribution in [-0.4, -0.2) is 27.1 Å². The lowest BCUT2D eigenvalue weighted by atomic mass is 10.0. The van der Waals surface area contributed by atoms with E-state index in [2.05, 4.69) is 4.98 Å². The molecule has 0 atom stereocenters. The highest BCUT2D eigenvalue weighted by molar-refractivity contribution is 5.89. The third kappa shape index (κ3) is 2.57. The molecule has 0 amide bonds. The fraction of sp³-hybridized carbons (Fsp3) is 0. The van der Waals surface area contributed by atoms with E-state index in [4.69, 9.17) is 10.2 Å². The summed E-state index contributed by atoms with van der Waals surface area (Å²) in [6.45, 7) is 0. The Morgan fingerprint density at radius 3 is 2.26 bits per heavy atom. The highest BCUT2D eigenvalue weighted by atomic mass is 19.1. The van der Waals surface area contributed by atoms with Crippen LogP contribution in [0.2, 0.25) is 0 Å². The number of hydrogen-bond acceptors (Lipinski definition) is 3. The molecule has 0 bridgehead atoms. The number of benzene rings is 1. The fourth-order valence-corrected chi connectivity index (χ4v) is 1.60. The van der Waals surface area contributed by atoms with Crippen molar-refractivity contribution in [1.82, 2.24) is 4.98 Å². The van der Waals surface area contributed by atoms with Gasteiger partial charge < -0.3 is 10.2 Å². The number of nitrogens with zero attached hydrogens (tertiary/aromatic N) is 1. The summed E-state index contributed by atoms with van der Waals surface area (Å²) < 4.78 is 13.5. The Morgan fingerprint density at radius 1 is 1.00 bits per heavy atom. The number of aromatic nitrogens is 1. The molecule has 2 N–H and O–H groups in total. The third-order valence-corrected chi connectivity index (χ3v) is 2.51. The summed E-state index contributed by atoms with van der Waals surface area (Å²) in [5.74, 6) is -3.42. The first kappa shape index (κ1) is 12.7. The summed E-state index contributed by atoms with van der Waals surface area (Å²) >= 11 is 0. The Labute approximate surface area is 107 Å². The average molecular weight is 261 g/mol. The summed E-state index contributed by atoms with van der Waals surface area (Å²) in [6, 6.07) is 6.39. The summed E-state index contributed by atoms with van der Waals surface area (Å²) in [5.41, 5.74) is 0.229. The van der Waals surface area contributed by atoms with E-state index < -0.39 is 23.3 Å². The molecule has 2 aromatic rings. The second-order valence-electron chi connectivity index (χ2n) is 3.73. The standard InChI is InChI=1S/C13H8FNO4/c14-10-5-7(1-2-9(10)12(16)17)8-3-4-15-11(6-8)13(18)19/h1-6H,(H,16,17)(H,18,19). The predicted molar refractivity (Wildman–Crippen MR) is 63.5 cm³/mol. The number of aromatic carboxylic acids is 2. The molecule has 0 unspecified atom stereocenters. The van der Waals surface area contributed by atoms with E-state index in [0.29, 0.717) is 11.1 Å². The van der Waals surface area contributed by atoms with Crippen LogP contribution in [0.4, 0.5) is 4.39 Å². The minimum atomic E-state index is -1.36. The SMILES string of the molecule is O=C(O)c1cc(-c2ccc(C(=O)O)c(F)c2)ccn1. The molecule has 96 valence electrons. The molecule has 1 heterocycles. The van der Waals surface area contributed by atoms with Crippen LogP contribution in [0.15, 0.2) is 36.5 Å². The van der Waals surface area contributed by atoms with E-state index >= 15 is 0 Å². The molecule has 0 aliphatic rings. The zero-order valence-corrected chi connectivity index (χ0v) is 9.50. The zero-order valence-electron chi connectivity index (χ0n) is 9.50. The third-order valence-electron chi connectivity index (χ3n) is 2.51. The van der Waals surface area contributed by atoms with Gasteiger partial charge in [-0.25, -0.2) is 19.0 Å². The number of pyridine rings is 1. The number of rotatable bonds is 3. The van der Waals surface area contributed by atoms with Crippen LogP contribution in [0.25, 0.3) is 11.1 Å². The van der Waals surface area contributed by atoms with E-state index in [-0.39, 0.29) is 5.69 Å². The van der Waals surface area contributed by atoms with Crippen molar-refractivity contribution < 1.29 is 24.2 Å². The first-order valence-electron chi connectivity index (χ1n) is 5.21. The largest absolute Gasteiger partial charge is 0.478 e. The van der Waals surface area contributed by atoms with E-state index in [1.165, 1.54) is 24.4 Å². The topological polar surface area (TPSA) is 87.5 Å². The minimum Gasteiger partial charge on any atom is -0.478 e. The molecule has 0 spiro atoms. The second-order valence-corrected chi connectivity index (χ2v) is 3.73. The Bertz CT molecular complexity index is 669. The van der Waals surface area contributed by atoms with Gasteiger partial charge in [0.25, 0.3) is 0 Å². The van der Waals surface area contributed by atoms with Gasteiger partial charge in [0.15, 0.2) is 0 Å². The molecule has 0 saturated heterocycles. The van der Waals surface area contributed by atoms with Gasteiger partial charge in [-0.2, -0.15) is 0 Å². The van der Waals surface area contributed by atoms with Crippen molar-refractivity contribution in [3.8, 4) is 11.1 Å². The molecule has 1 aromatic carbocycles. The van der Waals surface area contributed by atoms with Gasteiger partial charge in [0, 0.05) is 6.20 Å². The highest BCUT2D eigenvalue weighted by Crippen LogP contribution is 2.22. The second kappa shape index (κ2) is 4.85. The molecular formula is C13H8FNO4. The van der Waals surface area contributed by atoms with E-state index in [1.54, 1.807) is 0 Å². The maximum absolute atomic E-state index is 13.5. The number of carbonyl (C=O) groups is 2. The summed E-state index contributed by atoms with van der Waals surface area (Å²) in [4.78, 5) is 25.1. The van der Waals surface area contributed by atoms with Crippen molar-refractivity contribution in [3.63, 3.8) is 0 Å². The number of hydrogen-bond donors (Lipinski definition) is 2. The number of carboxylic acids is 2. The van der Waals surface area contributed by atoms with E-state index in [1.807, 2.05) is 0 Å². The van der Waals surface area contributed by atoms with Crippen LogP contribution in [-0.2, 0) is 0 Å². The van der Waals surface area contributed by atoms with Crippen molar-refractivity contribution >= 4 is 11.9 Å². The van der Waals surface area contributed by atoms with Gasteiger partial charge in [0.1, 0.15) is 11.5 Å². The van der Waals surface area contributed by atoms with Crippen molar-refractivity contribution in [2.75, 3.05) is 0 Å². The molecule has 19 heavy (non-hydrogen) atoms. The normalized spacial score (nSPS) is 10.2. The Balaban J connectivity index is 2.48. The Hall–Kier alpha value is -2.76. The monoisotopic (exact) mass is 261 g/mol. The molecule has 1 aromatic heterocycles. The van der Waals surface area contributed by atoms with Gasteiger partial charge in [-0.05, 0) is 35.4 Å². The first-order chi connectivity index (χ1) is 8.99. The fourth-order valence-electron chi connectivity index (χ4n) is 1.60. The Kier molecular flexibility index (Phi) is 3.24. The zero-order chi connectivity index (χ0) is 14.0. The van der Waals surface area contributed by atoms with Gasteiger partial charge in [0.2, 0.25) is 0 Å². The van der Waals surface area contributed by atoms with Crippen molar-refractivity contribution in [1.29, 1.82) is 0 Å². The van der Waals surface area contributed by atoms with Gasteiger partial charge in [-0.15, -0.1) is 0 Å². The van der Waals surface area contributed by atoms with E-state index in [0.717, 1.165) is 12.1 Å². The molecule has 6 heteroatoms. The van der Waals surface area contributed by atoms with Gasteiger partial charge in [-0.3, -0.25) is 0 Å². The Morgan fingerprint density at radius 2 is 1.68 bits per heavy atom. The smallest absolute Gasteiger partial charge is 0.354 e. The molecule has 0 radical (unpaired) electrons. The molecule has 5 nitrogen and oxygen atoms in total. The van der Waals surface area contributed by atoms with Crippen molar-refractivity contribution in [3.05, 3.63) is 53.6 Å². The average Bonchev–Trinajstić information content (AvgIpc) is 2.38. The minimum absolute atomic E-state index is 0.166. The molecule has 0 aliphatic heterocycles. The quantitative estimate of drug-likeness (QED) is 0.884. The van der Waals surface area contributed by atoms with Crippen molar-refractivity contribution in [2.45, 2.75) is 0 Å². The summed E-state index contributed by atoms with van der Waals surface area (Å²) in [5, 5.41) is 17.5.